The molecule has 1 rings (SSSR count). The van der Waals surface area contributed by atoms with E-state index in [1.807, 2.05) is 4.57 Å². The van der Waals surface area contributed by atoms with Crippen LogP contribution in [0.25, 0.3) is 0 Å². The van der Waals surface area contributed by atoms with E-state index in [2.05, 4.69) is 46.6 Å². The molecule has 50 valence electrons. The van der Waals surface area contributed by atoms with Gasteiger partial charge >= 0.3 is 0 Å². The third kappa shape index (κ3) is 1.64. The van der Waals surface area contributed by atoms with Crippen LogP contribution in [0.3, 0.4) is 0 Å². The largest absolute Gasteiger partial charge is 0.305 e. The summed E-state index contributed by atoms with van der Waals surface area (Å²) in [5, 5.41) is 7.39. The molecule has 9 heavy (non-hydrogen) atoms. The normalized spacial score (nSPS) is 11.9. The molecule has 0 amide bonds. The zero-order chi connectivity index (χ0) is 6.91. The van der Waals surface area contributed by atoms with Crippen molar-refractivity contribution in [1.29, 1.82) is 0 Å². The minimum atomic E-state index is 0.0846. The maximum atomic E-state index is 3.70. The number of halogens is 1. The summed E-state index contributed by atoms with van der Waals surface area (Å²) in [6.45, 7) is 4.19. The van der Waals surface area contributed by atoms with Crippen molar-refractivity contribution in [2.45, 2.75) is 17.4 Å². The van der Waals surface area contributed by atoms with Gasteiger partial charge in [-0.3, -0.25) is 0 Å². The van der Waals surface area contributed by atoms with E-state index < -0.39 is 0 Å². The van der Waals surface area contributed by atoms with Crippen LogP contribution in [0.4, 0.5) is 0 Å². The Balaban J connectivity index is 2.90. The Bertz CT molecular complexity index is 175. The first-order chi connectivity index (χ1) is 4.11. The molecule has 1 aromatic rings. The summed E-state index contributed by atoms with van der Waals surface area (Å²) in [7, 11) is 0. The van der Waals surface area contributed by atoms with Gasteiger partial charge in [-0.05, 0) is 13.8 Å². The van der Waals surface area contributed by atoms with Gasteiger partial charge in [-0.2, -0.15) is 0 Å². The summed E-state index contributed by atoms with van der Waals surface area (Å²) in [5.74, 6) is 0. The Hall–Kier alpha value is -0.130. The van der Waals surface area contributed by atoms with E-state index >= 15 is 0 Å². The van der Waals surface area contributed by atoms with Gasteiger partial charge in [-0.25, -0.2) is 0 Å². The number of aromatic nitrogens is 3. The number of hydrogen-bond acceptors (Lipinski definition) is 2. The van der Waals surface area contributed by atoms with Crippen LogP contribution < -0.4 is 0 Å². The highest BCUT2D eigenvalue weighted by Gasteiger charge is 2.13. The molecular weight excluding hydrogens is 229 g/mol. The van der Waals surface area contributed by atoms with Gasteiger partial charge in [-0.15, -0.1) is 10.2 Å². The predicted octanol–water partition coefficient (Wildman–Crippen LogP) is 1.41. The van der Waals surface area contributed by atoms with E-state index in [4.69, 9.17) is 0 Å². The van der Waals surface area contributed by atoms with Gasteiger partial charge < -0.3 is 4.57 Å². The molecule has 0 spiro atoms. The Labute approximate surface area is 67.6 Å². The summed E-state index contributed by atoms with van der Waals surface area (Å²) in [4.78, 5) is 0. The number of hydrogen-bond donors (Lipinski definition) is 0. The first-order valence-electron chi connectivity index (χ1n) is 2.65. The van der Waals surface area contributed by atoms with Gasteiger partial charge in [0.25, 0.3) is 0 Å². The molecule has 0 saturated carbocycles. The monoisotopic (exact) mass is 237 g/mol. The van der Waals surface area contributed by atoms with E-state index in [1.54, 1.807) is 12.7 Å². The van der Waals surface area contributed by atoms with Crippen molar-refractivity contribution >= 4 is 22.6 Å². The summed E-state index contributed by atoms with van der Waals surface area (Å²) < 4.78 is 2.04. The first kappa shape index (κ1) is 6.98. The second-order valence-corrected chi connectivity index (χ2v) is 4.92. The molecule has 3 nitrogen and oxygen atoms in total. The molecule has 0 unspecified atom stereocenters. The smallest absolute Gasteiger partial charge is 0.120 e. The third-order valence-corrected chi connectivity index (χ3v) is 1.59. The molecule has 4 heteroatoms. The average Bonchev–Trinajstić information content (AvgIpc) is 2.08. The molecule has 1 heterocycles. The van der Waals surface area contributed by atoms with Crippen LogP contribution in [0.5, 0.6) is 0 Å². The zero-order valence-electron chi connectivity index (χ0n) is 5.37. The summed E-state index contributed by atoms with van der Waals surface area (Å²) in [6, 6.07) is 0. The Morgan fingerprint density at radius 1 is 1.33 bits per heavy atom. The fourth-order valence-corrected chi connectivity index (χ4v) is 0.724. The fraction of sp³-hybridized carbons (Fsp3) is 0.600. The molecule has 0 atom stereocenters. The van der Waals surface area contributed by atoms with Crippen LogP contribution in [0.15, 0.2) is 12.7 Å². The maximum absolute atomic E-state index is 3.70. The summed E-state index contributed by atoms with van der Waals surface area (Å²) >= 11 is 2.32. The molecule has 0 saturated heterocycles. The van der Waals surface area contributed by atoms with Crippen molar-refractivity contribution in [1.82, 2.24) is 14.8 Å². The van der Waals surface area contributed by atoms with Crippen molar-refractivity contribution in [3.05, 3.63) is 12.7 Å². The average molecular weight is 237 g/mol. The van der Waals surface area contributed by atoms with Gasteiger partial charge in [0.15, 0.2) is 0 Å². The molecule has 0 radical (unpaired) electrons. The van der Waals surface area contributed by atoms with Crippen molar-refractivity contribution in [2.75, 3.05) is 0 Å². The van der Waals surface area contributed by atoms with Gasteiger partial charge in [0, 0.05) is 0 Å². The third-order valence-electron chi connectivity index (χ3n) is 1.03. The second-order valence-electron chi connectivity index (χ2n) is 2.28. The molecule has 0 aromatic carbocycles. The molecule has 0 aliphatic carbocycles. The molecule has 0 aliphatic rings. The maximum Gasteiger partial charge on any atom is 0.120 e. The minimum absolute atomic E-state index is 0.0846. The van der Waals surface area contributed by atoms with E-state index in [0.29, 0.717) is 0 Å². The van der Waals surface area contributed by atoms with Crippen LogP contribution in [0.2, 0.25) is 0 Å². The van der Waals surface area contributed by atoms with Crippen LogP contribution in [0, 0.1) is 0 Å². The number of rotatable bonds is 1. The van der Waals surface area contributed by atoms with Gasteiger partial charge in [-0.1, -0.05) is 22.6 Å². The Morgan fingerprint density at radius 2 is 1.78 bits per heavy atom. The van der Waals surface area contributed by atoms with Crippen LogP contribution in [-0.4, -0.2) is 14.8 Å². The van der Waals surface area contributed by atoms with E-state index in [-0.39, 0.29) is 3.55 Å². The first-order valence-corrected chi connectivity index (χ1v) is 3.72. The highest BCUT2D eigenvalue weighted by Crippen LogP contribution is 2.21. The van der Waals surface area contributed by atoms with Crippen LogP contribution >= 0.6 is 22.6 Å². The Morgan fingerprint density at radius 3 is 2.00 bits per heavy atom. The zero-order valence-corrected chi connectivity index (χ0v) is 7.53. The summed E-state index contributed by atoms with van der Waals surface area (Å²) in [6.07, 6.45) is 3.43. The van der Waals surface area contributed by atoms with Gasteiger partial charge in [0.1, 0.15) is 12.7 Å². The van der Waals surface area contributed by atoms with Crippen LogP contribution in [0.1, 0.15) is 13.8 Å². The highest BCUT2D eigenvalue weighted by molar-refractivity contribution is 14.1. The topological polar surface area (TPSA) is 30.7 Å². The van der Waals surface area contributed by atoms with Crippen molar-refractivity contribution < 1.29 is 0 Å². The molecule has 0 aliphatic heterocycles. The van der Waals surface area contributed by atoms with E-state index in [9.17, 15) is 0 Å². The molecule has 0 N–H and O–H groups in total. The quantitative estimate of drug-likeness (QED) is 0.546. The SMILES string of the molecule is CC(C)(I)n1cnnc1. The van der Waals surface area contributed by atoms with Crippen molar-refractivity contribution in [3.8, 4) is 0 Å². The number of alkyl halides is 1. The van der Waals surface area contributed by atoms with Crippen molar-refractivity contribution in [2.24, 2.45) is 0 Å². The second kappa shape index (κ2) is 2.24. The van der Waals surface area contributed by atoms with E-state index in [0.717, 1.165) is 0 Å². The highest BCUT2D eigenvalue weighted by atomic mass is 127. The lowest BCUT2D eigenvalue weighted by atomic mass is 10.4. The lowest BCUT2D eigenvalue weighted by Crippen LogP contribution is -2.15. The fourth-order valence-electron chi connectivity index (χ4n) is 0.475. The van der Waals surface area contributed by atoms with Gasteiger partial charge in [0.2, 0.25) is 0 Å². The predicted molar refractivity (Wildman–Crippen MR) is 43.4 cm³/mol. The lowest BCUT2D eigenvalue weighted by Gasteiger charge is -2.16. The minimum Gasteiger partial charge on any atom is -0.305 e. The molecule has 0 fully saturated rings. The van der Waals surface area contributed by atoms with Gasteiger partial charge in [0.05, 0.1) is 3.55 Å². The molecule has 1 aromatic heterocycles. The standard InChI is InChI=1S/C5H8IN3/c1-5(2,6)9-3-7-8-4-9/h3-4H,1-2H3. The molecular formula is C5H8IN3. The summed E-state index contributed by atoms with van der Waals surface area (Å²) in [5.41, 5.74) is 0. The lowest BCUT2D eigenvalue weighted by molar-refractivity contribution is 0.567. The van der Waals surface area contributed by atoms with E-state index in [1.165, 1.54) is 0 Å². The number of nitrogens with zero attached hydrogens (tertiary/aromatic N) is 3. The van der Waals surface area contributed by atoms with Crippen molar-refractivity contribution in [3.63, 3.8) is 0 Å². The van der Waals surface area contributed by atoms with Crippen LogP contribution in [-0.2, 0) is 3.55 Å². The molecule has 0 bridgehead atoms. The Kier molecular flexibility index (Phi) is 1.74.